The van der Waals surface area contributed by atoms with Gasteiger partial charge in [-0.15, -0.1) is 11.6 Å². The zero-order valence-corrected chi connectivity index (χ0v) is 28.3. The van der Waals surface area contributed by atoms with Crippen molar-refractivity contribution in [3.63, 3.8) is 0 Å². The third-order valence-corrected chi connectivity index (χ3v) is 8.97. The maximum Gasteiger partial charge on any atom is 0.426 e. The largest absolute Gasteiger partial charge is 0.506 e. The van der Waals surface area contributed by atoms with Gasteiger partial charge in [-0.05, 0) is 87.4 Å². The summed E-state index contributed by atoms with van der Waals surface area (Å²) in [4.78, 5) is 62.6. The number of ether oxygens (including phenoxy) is 1. The number of alkyl halides is 1. The number of aromatic hydroxyl groups is 1. The Morgan fingerprint density at radius 3 is 2.38 bits per heavy atom. The summed E-state index contributed by atoms with van der Waals surface area (Å²) in [6, 6.07) is 15.1. The normalized spacial score (nSPS) is 14.3. The monoisotopic (exact) mass is 695 g/mol. The Bertz CT molecular complexity index is 2370. The zero-order chi connectivity index (χ0) is 35.5. The van der Waals surface area contributed by atoms with Crippen LogP contribution in [0.2, 0.25) is 0 Å². The Hall–Kier alpha value is -5.95. The van der Waals surface area contributed by atoms with Gasteiger partial charge < -0.3 is 35.0 Å². The van der Waals surface area contributed by atoms with E-state index in [0.29, 0.717) is 56.8 Å². The van der Waals surface area contributed by atoms with Crippen molar-refractivity contribution in [3.05, 3.63) is 88.9 Å². The molecule has 0 unspecified atom stereocenters. The third-order valence-electron chi connectivity index (χ3n) is 8.60. The van der Waals surface area contributed by atoms with Crippen LogP contribution in [0.3, 0.4) is 0 Å². The number of phenols is 1. The number of hydrazine groups is 1. The van der Waals surface area contributed by atoms with Gasteiger partial charge >= 0.3 is 6.09 Å². The number of amides is 4. The fraction of sp³-hybridized carbons (Fsp3) is 0.222. The second-order valence-electron chi connectivity index (χ2n) is 13.3. The highest BCUT2D eigenvalue weighted by atomic mass is 35.5. The first-order valence-corrected chi connectivity index (χ1v) is 16.4. The zero-order valence-electron chi connectivity index (χ0n) is 27.6. The quantitative estimate of drug-likeness (QED) is 0.0792. The molecule has 0 radical (unpaired) electrons. The number of nitrogens with zero attached hydrogens (tertiary/aromatic N) is 1. The average Bonchev–Trinajstić information content (AvgIpc) is 3.85. The van der Waals surface area contributed by atoms with Crippen molar-refractivity contribution in [2.24, 2.45) is 0 Å². The Balaban J connectivity index is 1.06. The summed E-state index contributed by atoms with van der Waals surface area (Å²) < 4.78 is 5.12. The van der Waals surface area contributed by atoms with E-state index in [0.717, 1.165) is 16.5 Å². The highest BCUT2D eigenvalue weighted by Gasteiger charge is 2.36. The van der Waals surface area contributed by atoms with Crippen LogP contribution in [0.15, 0.2) is 60.8 Å². The maximum absolute atomic E-state index is 13.9. The summed E-state index contributed by atoms with van der Waals surface area (Å²) in [6.07, 6.45) is 1.04. The van der Waals surface area contributed by atoms with Gasteiger partial charge in [-0.2, -0.15) is 0 Å². The van der Waals surface area contributed by atoms with E-state index in [9.17, 15) is 24.3 Å². The molecular weight excluding hydrogens is 662 g/mol. The number of anilines is 2. The number of nitrogens with one attached hydrogen (secondary N) is 6. The van der Waals surface area contributed by atoms with Crippen molar-refractivity contribution in [1.29, 1.82) is 0 Å². The molecule has 1 atom stereocenters. The molecule has 0 fully saturated rings. The summed E-state index contributed by atoms with van der Waals surface area (Å²) >= 11 is 6.37. The van der Waals surface area contributed by atoms with Crippen LogP contribution in [-0.4, -0.2) is 61.9 Å². The lowest BCUT2D eigenvalue weighted by molar-refractivity contribution is 0.0483. The Labute approximate surface area is 290 Å². The molecule has 0 aliphatic carbocycles. The fourth-order valence-corrected chi connectivity index (χ4v) is 6.64. The number of phenolic OH excluding ortho intramolecular Hbond substituents is 1. The van der Waals surface area contributed by atoms with Crippen molar-refractivity contribution < 1.29 is 29.0 Å². The van der Waals surface area contributed by atoms with Crippen molar-refractivity contribution in [2.45, 2.75) is 39.2 Å². The number of carbonyl (C=O) groups excluding carboxylic acids is 4. The van der Waals surface area contributed by atoms with Gasteiger partial charge in [0.1, 0.15) is 22.7 Å². The molecule has 50 heavy (non-hydrogen) atoms. The van der Waals surface area contributed by atoms with Gasteiger partial charge in [0.15, 0.2) is 0 Å². The number of hydrogen-bond donors (Lipinski definition) is 7. The molecule has 1 aliphatic rings. The van der Waals surface area contributed by atoms with E-state index in [1.165, 1.54) is 0 Å². The van der Waals surface area contributed by atoms with E-state index < -0.39 is 23.5 Å². The van der Waals surface area contributed by atoms with Crippen LogP contribution in [0.5, 0.6) is 5.75 Å². The molecule has 6 aromatic rings. The molecule has 3 aromatic heterocycles. The van der Waals surface area contributed by atoms with E-state index in [2.05, 4.69) is 31.1 Å². The number of aromatic nitrogens is 3. The predicted molar refractivity (Wildman–Crippen MR) is 191 cm³/mol. The Kier molecular flexibility index (Phi) is 7.94. The molecule has 1 aliphatic heterocycles. The Morgan fingerprint density at radius 1 is 0.940 bits per heavy atom. The molecule has 7 N–H and O–H groups in total. The van der Waals surface area contributed by atoms with Crippen LogP contribution < -0.4 is 21.1 Å². The maximum atomic E-state index is 13.9. The first-order chi connectivity index (χ1) is 23.8. The number of H-pyrrole nitrogens is 3. The van der Waals surface area contributed by atoms with Gasteiger partial charge in [-0.25, -0.2) is 10.2 Å². The lowest BCUT2D eigenvalue weighted by Crippen LogP contribution is -2.44. The van der Waals surface area contributed by atoms with Crippen molar-refractivity contribution in [1.82, 2.24) is 25.8 Å². The summed E-state index contributed by atoms with van der Waals surface area (Å²) in [5.41, 5.74) is 9.70. The number of benzene rings is 3. The smallest absolute Gasteiger partial charge is 0.426 e. The second kappa shape index (κ2) is 12.2. The molecule has 7 rings (SSSR count). The van der Waals surface area contributed by atoms with Crippen molar-refractivity contribution in [2.75, 3.05) is 22.6 Å². The molecule has 0 saturated heterocycles. The number of rotatable bonds is 5. The number of aryl methyl sites for hydroxylation is 1. The first-order valence-electron chi connectivity index (χ1n) is 15.9. The minimum Gasteiger partial charge on any atom is -0.506 e. The van der Waals surface area contributed by atoms with Crippen LogP contribution in [0.4, 0.5) is 16.2 Å². The predicted octanol–water partition coefficient (Wildman–Crippen LogP) is 6.55. The molecule has 3 aromatic carbocycles. The molecular formula is C36H34ClN7O6. The standard InChI is InChI=1S/C36H34ClN7O6/c1-17-15-38-31-28(45)13-27-30(29(17)31)21(14-37)16-44(27)34(48)26-12-20-10-22(6-8-24(20)41-26)39-33(47)25-11-19-9-18(5-7-23(19)40-25)32(46)42-43-35(49)50-36(2,3)4/h5-13,15,21,38,40-41,45H,14,16H2,1-4H3,(H,39,47)(H,42,46)(H,43,49)/t21-/m1/s1. The SMILES string of the molecule is Cc1c[nH]c2c(O)cc3c(c12)[C@H](CCl)CN3C(=O)c1cc2cc(NC(=O)c3cc4cc(C(=O)NNC(=O)OC(C)(C)C)ccc4[nH]3)ccc2[nH]1. The molecule has 0 bridgehead atoms. The van der Waals surface area contributed by atoms with Gasteiger partial charge in [-0.1, -0.05) is 0 Å². The van der Waals surface area contributed by atoms with Crippen LogP contribution in [-0.2, 0) is 4.74 Å². The van der Waals surface area contributed by atoms with E-state index in [-0.39, 0.29) is 28.8 Å². The van der Waals surface area contributed by atoms with Gasteiger partial charge in [0.05, 0.1) is 11.2 Å². The van der Waals surface area contributed by atoms with E-state index in [1.807, 2.05) is 13.1 Å². The van der Waals surface area contributed by atoms with Gasteiger partial charge in [-0.3, -0.25) is 19.8 Å². The summed E-state index contributed by atoms with van der Waals surface area (Å²) in [5, 5.41) is 15.8. The number of hydrogen-bond acceptors (Lipinski definition) is 6. The molecule has 13 nitrogen and oxygen atoms in total. The topological polar surface area (TPSA) is 184 Å². The average molecular weight is 696 g/mol. The minimum absolute atomic E-state index is 0.0606. The first kappa shape index (κ1) is 32.6. The van der Waals surface area contributed by atoms with Crippen LogP contribution in [0, 0.1) is 6.92 Å². The fourth-order valence-electron chi connectivity index (χ4n) is 6.39. The third kappa shape index (κ3) is 5.96. The van der Waals surface area contributed by atoms with Crippen LogP contribution in [0.1, 0.15) is 69.2 Å². The van der Waals surface area contributed by atoms with E-state index >= 15 is 0 Å². The molecule has 256 valence electrons. The van der Waals surface area contributed by atoms with E-state index in [1.54, 1.807) is 80.3 Å². The highest BCUT2D eigenvalue weighted by Crippen LogP contribution is 2.46. The molecule has 4 amide bonds. The number of halogens is 1. The van der Waals surface area contributed by atoms with E-state index in [4.69, 9.17) is 16.3 Å². The highest BCUT2D eigenvalue weighted by molar-refractivity contribution is 6.19. The minimum atomic E-state index is -0.791. The van der Waals surface area contributed by atoms with Gasteiger partial charge in [0, 0.05) is 69.0 Å². The van der Waals surface area contributed by atoms with Gasteiger partial charge in [0.2, 0.25) is 0 Å². The van der Waals surface area contributed by atoms with Crippen LogP contribution in [0.25, 0.3) is 32.7 Å². The second-order valence-corrected chi connectivity index (χ2v) is 13.6. The van der Waals surface area contributed by atoms with Gasteiger partial charge in [0.25, 0.3) is 17.7 Å². The summed E-state index contributed by atoms with van der Waals surface area (Å²) in [5.74, 6) is -0.950. The number of aromatic amines is 3. The lowest BCUT2D eigenvalue weighted by atomic mass is 9.97. The molecule has 14 heteroatoms. The summed E-state index contributed by atoms with van der Waals surface area (Å²) in [7, 11) is 0. The van der Waals surface area contributed by atoms with Crippen molar-refractivity contribution in [3.8, 4) is 5.75 Å². The molecule has 0 spiro atoms. The molecule has 0 saturated carbocycles. The van der Waals surface area contributed by atoms with Crippen molar-refractivity contribution >= 4 is 79.5 Å². The Morgan fingerprint density at radius 2 is 1.64 bits per heavy atom. The number of fused-ring (bicyclic) bond motifs is 5. The lowest BCUT2D eigenvalue weighted by Gasteiger charge is -2.19. The summed E-state index contributed by atoms with van der Waals surface area (Å²) in [6.45, 7) is 7.45. The molecule has 4 heterocycles. The van der Waals surface area contributed by atoms with Crippen LogP contribution >= 0.6 is 11.6 Å². The number of carbonyl (C=O) groups is 4.